The Morgan fingerprint density at radius 3 is 1.48 bits per heavy atom. The van der Waals surface area contributed by atoms with Gasteiger partial charge < -0.3 is 33.2 Å². The predicted octanol–water partition coefficient (Wildman–Crippen LogP) is 7.17. The third-order valence-electron chi connectivity index (χ3n) is 7.98. The molecule has 0 radical (unpaired) electrons. The molecule has 2 heterocycles. The van der Waals surface area contributed by atoms with E-state index < -0.39 is 30.7 Å². The first-order valence-corrected chi connectivity index (χ1v) is 16.2. The van der Waals surface area contributed by atoms with Crippen LogP contribution < -0.4 is 9.47 Å². The number of methoxy groups -OCH3 is 1. The first kappa shape index (κ1) is 33.3. The molecule has 5 aromatic rings. The van der Waals surface area contributed by atoms with Crippen molar-refractivity contribution in [2.24, 2.45) is 0 Å². The molecule has 5 atom stereocenters. The van der Waals surface area contributed by atoms with Crippen LogP contribution in [0.25, 0.3) is 0 Å². The van der Waals surface area contributed by atoms with E-state index in [0.29, 0.717) is 38.2 Å². The Morgan fingerprint density at radius 2 is 0.958 bits per heavy atom. The fourth-order valence-corrected chi connectivity index (χ4v) is 5.54. The fraction of sp³-hybridized carbons (Fsp3) is 0.275. The van der Waals surface area contributed by atoms with Gasteiger partial charge in [-0.25, -0.2) is 0 Å². The van der Waals surface area contributed by atoms with Crippen molar-refractivity contribution in [3.05, 3.63) is 162 Å². The molecule has 1 aliphatic rings. The van der Waals surface area contributed by atoms with Crippen LogP contribution in [0.15, 0.2) is 140 Å². The zero-order valence-electron chi connectivity index (χ0n) is 27.0. The summed E-state index contributed by atoms with van der Waals surface area (Å²) in [6, 6.07) is 45.5. The summed E-state index contributed by atoms with van der Waals surface area (Å²) in [7, 11) is 1.57. The van der Waals surface area contributed by atoms with E-state index in [4.69, 9.17) is 33.2 Å². The Kier molecular flexibility index (Phi) is 12.2. The Labute approximate surface area is 282 Å². The molecule has 1 aromatic heterocycles. The van der Waals surface area contributed by atoms with Crippen molar-refractivity contribution in [2.45, 2.75) is 57.1 Å². The maximum absolute atomic E-state index is 6.77. The lowest BCUT2D eigenvalue weighted by atomic mass is 9.97. The van der Waals surface area contributed by atoms with E-state index in [1.807, 2.05) is 127 Å². The second kappa shape index (κ2) is 17.5. The van der Waals surface area contributed by atoms with E-state index in [-0.39, 0.29) is 6.61 Å². The zero-order chi connectivity index (χ0) is 32.8. The van der Waals surface area contributed by atoms with E-state index in [2.05, 4.69) is 4.98 Å². The monoisotopic (exact) mass is 647 g/mol. The van der Waals surface area contributed by atoms with Gasteiger partial charge in [-0.3, -0.25) is 0 Å². The summed E-state index contributed by atoms with van der Waals surface area (Å²) >= 11 is 0. The minimum Gasteiger partial charge on any atom is -0.481 e. The Balaban J connectivity index is 1.32. The molecule has 4 aromatic carbocycles. The van der Waals surface area contributed by atoms with E-state index in [1.54, 1.807) is 19.2 Å². The van der Waals surface area contributed by atoms with Crippen LogP contribution >= 0.6 is 0 Å². The molecule has 8 nitrogen and oxygen atoms in total. The maximum Gasteiger partial charge on any atom is 0.231 e. The minimum atomic E-state index is -0.906. The molecule has 1 fully saturated rings. The van der Waals surface area contributed by atoms with Gasteiger partial charge in [0.2, 0.25) is 18.1 Å². The Bertz CT molecular complexity index is 1630. The molecule has 48 heavy (non-hydrogen) atoms. The normalized spacial score (nSPS) is 20.6. The first-order chi connectivity index (χ1) is 23.7. The largest absolute Gasteiger partial charge is 0.481 e. The van der Waals surface area contributed by atoms with Crippen molar-refractivity contribution in [1.29, 1.82) is 0 Å². The molecule has 0 aliphatic carbocycles. The summed E-state index contributed by atoms with van der Waals surface area (Å²) in [5, 5.41) is 0. The highest BCUT2D eigenvalue weighted by Crippen LogP contribution is 2.32. The van der Waals surface area contributed by atoms with Crippen molar-refractivity contribution in [2.75, 3.05) is 13.7 Å². The summed E-state index contributed by atoms with van der Waals surface area (Å²) in [4.78, 5) is 4.50. The predicted molar refractivity (Wildman–Crippen MR) is 181 cm³/mol. The molecule has 6 rings (SSSR count). The second-order valence-electron chi connectivity index (χ2n) is 11.5. The van der Waals surface area contributed by atoms with Gasteiger partial charge in [0.05, 0.1) is 40.1 Å². The van der Waals surface area contributed by atoms with Gasteiger partial charge in [0.1, 0.15) is 24.4 Å². The van der Waals surface area contributed by atoms with Gasteiger partial charge >= 0.3 is 0 Å². The van der Waals surface area contributed by atoms with Gasteiger partial charge in [-0.15, -0.1) is 0 Å². The van der Waals surface area contributed by atoms with E-state index >= 15 is 0 Å². The Morgan fingerprint density at radius 1 is 0.500 bits per heavy atom. The zero-order valence-corrected chi connectivity index (χ0v) is 27.0. The quantitative estimate of drug-likeness (QED) is 0.112. The molecule has 1 saturated heterocycles. The number of nitrogens with zero attached hydrogens (tertiary/aromatic N) is 1. The van der Waals surface area contributed by atoms with Crippen molar-refractivity contribution in [3.8, 4) is 11.8 Å². The van der Waals surface area contributed by atoms with Crippen LogP contribution in [0.1, 0.15) is 22.3 Å². The summed E-state index contributed by atoms with van der Waals surface area (Å²) in [6.07, 6.45) is -3.34. The third-order valence-corrected chi connectivity index (χ3v) is 7.98. The number of ether oxygens (including phenoxy) is 7. The maximum atomic E-state index is 6.77. The van der Waals surface area contributed by atoms with Gasteiger partial charge in [-0.05, 0) is 22.3 Å². The second-order valence-corrected chi connectivity index (χ2v) is 11.5. The van der Waals surface area contributed by atoms with Crippen molar-refractivity contribution < 1.29 is 33.2 Å². The number of hydrogen-bond acceptors (Lipinski definition) is 8. The Hall–Kier alpha value is -4.57. The van der Waals surface area contributed by atoms with Gasteiger partial charge in [0.15, 0.2) is 0 Å². The molecular weight excluding hydrogens is 606 g/mol. The van der Waals surface area contributed by atoms with E-state index in [1.165, 1.54) is 0 Å². The summed E-state index contributed by atoms with van der Waals surface area (Å²) in [5.74, 6) is 0.760. The van der Waals surface area contributed by atoms with Crippen molar-refractivity contribution in [3.63, 3.8) is 0 Å². The molecule has 8 heteroatoms. The molecular formula is C40H41NO7. The SMILES string of the molecule is COc1cccc(O[C@@H]2O[C@H](COCc3ccccc3)[C@H](OCc3ccccc3)[C@H](OCc3ccccc3)[C@H]2OCc2ccccc2)n1. The third kappa shape index (κ3) is 9.50. The number of hydrogen-bond donors (Lipinski definition) is 0. The summed E-state index contributed by atoms with van der Waals surface area (Å²) in [5.41, 5.74) is 4.12. The van der Waals surface area contributed by atoms with Crippen LogP contribution in [0, 0.1) is 0 Å². The number of benzene rings is 4. The van der Waals surface area contributed by atoms with Crippen LogP contribution in [0.2, 0.25) is 0 Å². The van der Waals surface area contributed by atoms with Crippen LogP contribution in [-0.4, -0.2) is 49.4 Å². The molecule has 0 spiro atoms. The molecule has 1 aliphatic heterocycles. The van der Waals surface area contributed by atoms with E-state index in [9.17, 15) is 0 Å². The first-order valence-electron chi connectivity index (χ1n) is 16.2. The lowest BCUT2D eigenvalue weighted by Gasteiger charge is -2.45. The topological polar surface area (TPSA) is 77.5 Å². The molecule has 0 N–H and O–H groups in total. The fourth-order valence-electron chi connectivity index (χ4n) is 5.54. The summed E-state index contributed by atoms with van der Waals surface area (Å²) in [6.45, 7) is 1.65. The van der Waals surface area contributed by atoms with Crippen molar-refractivity contribution >= 4 is 0 Å². The highest BCUT2D eigenvalue weighted by molar-refractivity contribution is 5.21. The lowest BCUT2D eigenvalue weighted by Crippen LogP contribution is -2.62. The van der Waals surface area contributed by atoms with Gasteiger partial charge in [0.25, 0.3) is 0 Å². The van der Waals surface area contributed by atoms with Gasteiger partial charge in [-0.1, -0.05) is 127 Å². The van der Waals surface area contributed by atoms with Crippen LogP contribution in [-0.2, 0) is 50.1 Å². The molecule has 0 saturated carbocycles. The summed E-state index contributed by atoms with van der Waals surface area (Å²) < 4.78 is 44.9. The highest BCUT2D eigenvalue weighted by Gasteiger charge is 2.50. The molecule has 0 unspecified atom stereocenters. The van der Waals surface area contributed by atoms with Crippen molar-refractivity contribution in [1.82, 2.24) is 4.98 Å². The average Bonchev–Trinajstić information content (AvgIpc) is 3.15. The highest BCUT2D eigenvalue weighted by atomic mass is 16.7. The van der Waals surface area contributed by atoms with Gasteiger partial charge in [-0.2, -0.15) is 4.98 Å². The molecule has 0 amide bonds. The number of rotatable bonds is 16. The van der Waals surface area contributed by atoms with Crippen LogP contribution in [0.5, 0.6) is 11.8 Å². The van der Waals surface area contributed by atoms with E-state index in [0.717, 1.165) is 22.3 Å². The number of pyridine rings is 1. The standard InChI is InChI=1S/C40H41NO7/c1-42-35-23-14-24-36(41-35)48-40-39(46-28-33-21-12-5-13-22-33)38(45-27-32-19-10-4-11-20-32)37(44-26-31-17-8-3-9-18-31)34(47-40)29-43-25-30-15-6-2-7-16-30/h2-24,34,37-40H,25-29H2,1H3/t34-,37+,38+,39-,40+/m1/s1. The van der Waals surface area contributed by atoms with Crippen LogP contribution in [0.4, 0.5) is 0 Å². The minimum absolute atomic E-state index is 0.232. The number of aromatic nitrogens is 1. The molecule has 0 bridgehead atoms. The van der Waals surface area contributed by atoms with Crippen LogP contribution in [0.3, 0.4) is 0 Å². The average molecular weight is 648 g/mol. The van der Waals surface area contributed by atoms with Gasteiger partial charge in [0, 0.05) is 12.1 Å². The smallest absolute Gasteiger partial charge is 0.231 e. The molecule has 248 valence electrons. The lowest BCUT2D eigenvalue weighted by molar-refractivity contribution is -0.310.